The van der Waals surface area contributed by atoms with Gasteiger partial charge in [0.1, 0.15) is 0 Å². The van der Waals surface area contributed by atoms with Gasteiger partial charge in [0.15, 0.2) is 0 Å². The zero-order valence-corrected chi connectivity index (χ0v) is 14.3. The first-order chi connectivity index (χ1) is 11.5. The van der Waals surface area contributed by atoms with Crippen molar-refractivity contribution in [1.29, 1.82) is 0 Å². The van der Waals surface area contributed by atoms with Gasteiger partial charge in [0.2, 0.25) is 17.7 Å². The van der Waals surface area contributed by atoms with E-state index in [1.807, 2.05) is 42.2 Å². The van der Waals surface area contributed by atoms with Gasteiger partial charge >= 0.3 is 0 Å². The third-order valence-electron chi connectivity index (χ3n) is 4.30. The summed E-state index contributed by atoms with van der Waals surface area (Å²) in [6.45, 7) is 4.87. The van der Waals surface area contributed by atoms with Crippen LogP contribution >= 0.6 is 0 Å². The lowest BCUT2D eigenvalue weighted by atomic mass is 10.1. The Balaban J connectivity index is 2.07. The highest BCUT2D eigenvalue weighted by molar-refractivity contribution is 5.85. The smallest absolute Gasteiger partial charge is 0.242 e. The van der Waals surface area contributed by atoms with Gasteiger partial charge in [-0.2, -0.15) is 0 Å². The van der Waals surface area contributed by atoms with Crippen molar-refractivity contribution in [1.82, 2.24) is 15.1 Å². The molecule has 1 aliphatic rings. The van der Waals surface area contributed by atoms with Gasteiger partial charge in [0.25, 0.3) is 0 Å². The van der Waals surface area contributed by atoms with Crippen molar-refractivity contribution in [2.45, 2.75) is 39.3 Å². The third-order valence-corrected chi connectivity index (χ3v) is 4.30. The zero-order valence-electron chi connectivity index (χ0n) is 14.3. The molecule has 1 fully saturated rings. The molecule has 1 aromatic rings. The molecule has 130 valence electrons. The van der Waals surface area contributed by atoms with Crippen molar-refractivity contribution < 1.29 is 14.4 Å². The summed E-state index contributed by atoms with van der Waals surface area (Å²) in [5, 5.41) is 2.53. The summed E-state index contributed by atoms with van der Waals surface area (Å²) in [6.07, 6.45) is 1.09. The summed E-state index contributed by atoms with van der Waals surface area (Å²) in [5.74, 6) is -0.300. The maximum absolute atomic E-state index is 12.5. The average Bonchev–Trinajstić information content (AvgIpc) is 2.73. The summed E-state index contributed by atoms with van der Waals surface area (Å²) in [6, 6.07) is 9.87. The number of rotatable bonds is 5. The van der Waals surface area contributed by atoms with E-state index in [1.165, 1.54) is 6.92 Å². The minimum absolute atomic E-state index is 0.0125. The first kappa shape index (κ1) is 18.0. The fourth-order valence-corrected chi connectivity index (χ4v) is 2.91. The number of carbonyl (C=O) groups is 3. The lowest BCUT2D eigenvalue weighted by Crippen LogP contribution is -2.46. The van der Waals surface area contributed by atoms with Crippen LogP contribution in [0, 0.1) is 0 Å². The third kappa shape index (κ3) is 4.81. The Morgan fingerprint density at radius 3 is 2.58 bits per heavy atom. The molecule has 0 unspecified atom stereocenters. The number of nitrogens with one attached hydrogen (secondary N) is 1. The van der Waals surface area contributed by atoms with E-state index >= 15 is 0 Å². The highest BCUT2D eigenvalue weighted by Gasteiger charge is 2.30. The molecule has 24 heavy (non-hydrogen) atoms. The molecule has 0 aliphatic carbocycles. The predicted molar refractivity (Wildman–Crippen MR) is 91.0 cm³/mol. The van der Waals surface area contributed by atoms with E-state index in [0.29, 0.717) is 26.1 Å². The van der Waals surface area contributed by atoms with Crippen molar-refractivity contribution in [3.8, 4) is 0 Å². The van der Waals surface area contributed by atoms with Crippen LogP contribution in [0.25, 0.3) is 0 Å². The Kier molecular flexibility index (Phi) is 6.35. The van der Waals surface area contributed by atoms with Gasteiger partial charge in [-0.25, -0.2) is 0 Å². The average molecular weight is 331 g/mol. The topological polar surface area (TPSA) is 69.7 Å². The molecule has 0 saturated carbocycles. The number of hydrogen-bond donors (Lipinski definition) is 1. The van der Waals surface area contributed by atoms with Crippen LogP contribution in [0.2, 0.25) is 0 Å². The molecule has 6 nitrogen and oxygen atoms in total. The molecule has 0 spiro atoms. The summed E-state index contributed by atoms with van der Waals surface area (Å²) >= 11 is 0. The molecule has 1 aliphatic heterocycles. The molecule has 1 atom stereocenters. The van der Waals surface area contributed by atoms with Crippen molar-refractivity contribution in [2.24, 2.45) is 0 Å². The Labute approximate surface area is 142 Å². The molecule has 1 N–H and O–H groups in total. The van der Waals surface area contributed by atoms with E-state index in [4.69, 9.17) is 0 Å². The SMILES string of the molecule is CC[C@H]1CN(C(=O)CNC(C)=O)CCC(=O)N1Cc1ccccc1. The van der Waals surface area contributed by atoms with Gasteiger partial charge in [-0.1, -0.05) is 37.3 Å². The molecule has 3 amide bonds. The van der Waals surface area contributed by atoms with E-state index < -0.39 is 0 Å². The summed E-state index contributed by atoms with van der Waals surface area (Å²) in [4.78, 5) is 39.4. The second-order valence-corrected chi connectivity index (χ2v) is 6.07. The Bertz CT molecular complexity index is 588. The van der Waals surface area contributed by atoms with Gasteiger partial charge in [0, 0.05) is 39.0 Å². The quantitative estimate of drug-likeness (QED) is 0.880. The summed E-state index contributed by atoms with van der Waals surface area (Å²) in [5.41, 5.74) is 1.09. The van der Waals surface area contributed by atoms with Crippen molar-refractivity contribution in [2.75, 3.05) is 19.6 Å². The minimum Gasteiger partial charge on any atom is -0.347 e. The van der Waals surface area contributed by atoms with Gasteiger partial charge in [-0.15, -0.1) is 0 Å². The number of hydrogen-bond acceptors (Lipinski definition) is 3. The molecule has 0 radical (unpaired) electrons. The van der Waals surface area contributed by atoms with Crippen LogP contribution in [0.15, 0.2) is 30.3 Å². The fourth-order valence-electron chi connectivity index (χ4n) is 2.91. The van der Waals surface area contributed by atoms with E-state index in [9.17, 15) is 14.4 Å². The van der Waals surface area contributed by atoms with Gasteiger partial charge in [-0.05, 0) is 12.0 Å². The molecular formula is C18H25N3O3. The number of nitrogens with zero attached hydrogens (tertiary/aromatic N) is 2. The molecule has 1 aromatic carbocycles. The van der Waals surface area contributed by atoms with E-state index in [0.717, 1.165) is 12.0 Å². The largest absolute Gasteiger partial charge is 0.347 e. The van der Waals surface area contributed by atoms with Gasteiger partial charge < -0.3 is 15.1 Å². The normalized spacial score (nSPS) is 18.2. The molecule has 6 heteroatoms. The number of carbonyl (C=O) groups excluding carboxylic acids is 3. The van der Waals surface area contributed by atoms with Crippen LogP contribution in [0.4, 0.5) is 0 Å². The van der Waals surface area contributed by atoms with Crippen molar-refractivity contribution in [3.63, 3.8) is 0 Å². The predicted octanol–water partition coefficient (Wildman–Crippen LogP) is 1.16. The molecule has 1 saturated heterocycles. The van der Waals surface area contributed by atoms with E-state index in [-0.39, 0.29) is 30.3 Å². The zero-order chi connectivity index (χ0) is 17.5. The van der Waals surface area contributed by atoms with Crippen LogP contribution in [0.5, 0.6) is 0 Å². The van der Waals surface area contributed by atoms with Crippen molar-refractivity contribution in [3.05, 3.63) is 35.9 Å². The second-order valence-electron chi connectivity index (χ2n) is 6.07. The second kappa shape index (κ2) is 8.47. The highest BCUT2D eigenvalue weighted by atomic mass is 16.2. The monoisotopic (exact) mass is 331 g/mol. The van der Waals surface area contributed by atoms with E-state index in [1.54, 1.807) is 4.90 Å². The van der Waals surface area contributed by atoms with E-state index in [2.05, 4.69) is 5.32 Å². The standard InChI is InChI=1S/C18H25N3O3/c1-3-16-13-20(18(24)11-19-14(2)22)10-9-17(23)21(16)12-15-7-5-4-6-8-15/h4-8,16H,3,9-13H2,1-2H3,(H,19,22)/t16-/m0/s1. The Morgan fingerprint density at radius 2 is 1.96 bits per heavy atom. The highest BCUT2D eigenvalue weighted by Crippen LogP contribution is 2.17. The maximum Gasteiger partial charge on any atom is 0.242 e. The van der Waals surface area contributed by atoms with Crippen molar-refractivity contribution >= 4 is 17.7 Å². The lowest BCUT2D eigenvalue weighted by molar-refractivity contribution is -0.133. The molecular weight excluding hydrogens is 306 g/mol. The maximum atomic E-state index is 12.5. The Hall–Kier alpha value is -2.37. The van der Waals surface area contributed by atoms with Crippen LogP contribution in [-0.2, 0) is 20.9 Å². The van der Waals surface area contributed by atoms with Crippen LogP contribution in [0.3, 0.4) is 0 Å². The molecule has 0 aromatic heterocycles. The van der Waals surface area contributed by atoms with Gasteiger partial charge in [-0.3, -0.25) is 14.4 Å². The van der Waals surface area contributed by atoms with Gasteiger partial charge in [0.05, 0.1) is 6.54 Å². The Morgan fingerprint density at radius 1 is 1.25 bits per heavy atom. The van der Waals surface area contributed by atoms with Crippen LogP contribution in [0.1, 0.15) is 32.3 Å². The summed E-state index contributed by atoms with van der Waals surface area (Å²) < 4.78 is 0. The van der Waals surface area contributed by atoms with Crippen LogP contribution < -0.4 is 5.32 Å². The lowest BCUT2D eigenvalue weighted by Gasteiger charge is -2.31. The first-order valence-corrected chi connectivity index (χ1v) is 8.36. The summed E-state index contributed by atoms with van der Waals surface area (Å²) in [7, 11) is 0. The molecule has 1 heterocycles. The van der Waals surface area contributed by atoms with Crippen LogP contribution in [-0.4, -0.2) is 53.2 Å². The number of benzene rings is 1. The molecule has 2 rings (SSSR count). The minimum atomic E-state index is -0.230. The number of amides is 3. The first-order valence-electron chi connectivity index (χ1n) is 8.36. The molecule has 0 bridgehead atoms. The fraction of sp³-hybridized carbons (Fsp3) is 0.500.